The fraction of sp³-hybridized carbons (Fsp3) is 0.500. The highest BCUT2D eigenvalue weighted by Gasteiger charge is 2.21. The second kappa shape index (κ2) is 14.0. The second-order valence-electron chi connectivity index (χ2n) is 8.47. The summed E-state index contributed by atoms with van der Waals surface area (Å²) in [6, 6.07) is 8.34. The van der Waals surface area contributed by atoms with Crippen molar-refractivity contribution in [1.29, 1.82) is 0 Å². The fourth-order valence-corrected chi connectivity index (χ4v) is 3.65. The van der Waals surface area contributed by atoms with E-state index in [1.807, 2.05) is 32.1 Å². The van der Waals surface area contributed by atoms with Gasteiger partial charge in [-0.2, -0.15) is 0 Å². The highest BCUT2D eigenvalue weighted by atomic mass is 16.5. The maximum atomic E-state index is 6.00. The van der Waals surface area contributed by atoms with Crippen molar-refractivity contribution in [2.24, 2.45) is 0 Å². The molecule has 5 nitrogen and oxygen atoms in total. The molecule has 0 bridgehead atoms. The SMILES string of the molecule is C=C(COCCC(C)OC)OC(=C/C)/C=C(\C)C(=C)c1ccccc1N(C)C1CCCCO1. The van der Waals surface area contributed by atoms with Gasteiger partial charge in [0.05, 0.1) is 6.10 Å². The Kier molecular flexibility index (Phi) is 11.4. The Morgan fingerprint density at radius 2 is 2.03 bits per heavy atom. The van der Waals surface area contributed by atoms with Crippen LogP contribution in [-0.2, 0) is 18.9 Å². The van der Waals surface area contributed by atoms with E-state index in [0.717, 1.165) is 48.3 Å². The van der Waals surface area contributed by atoms with E-state index in [-0.39, 0.29) is 12.3 Å². The van der Waals surface area contributed by atoms with E-state index in [1.54, 1.807) is 7.11 Å². The van der Waals surface area contributed by atoms with Crippen LogP contribution in [0.15, 0.2) is 66.7 Å². The third kappa shape index (κ3) is 8.50. The Labute approximate surface area is 200 Å². The van der Waals surface area contributed by atoms with Gasteiger partial charge in [0.15, 0.2) is 0 Å². The molecule has 0 aromatic heterocycles. The van der Waals surface area contributed by atoms with Crippen molar-refractivity contribution in [2.45, 2.75) is 58.8 Å². The van der Waals surface area contributed by atoms with Gasteiger partial charge in [-0.3, -0.25) is 0 Å². The molecule has 182 valence electrons. The Morgan fingerprint density at radius 3 is 2.70 bits per heavy atom. The van der Waals surface area contributed by atoms with E-state index < -0.39 is 0 Å². The average Bonchev–Trinajstić information content (AvgIpc) is 2.85. The van der Waals surface area contributed by atoms with Crippen LogP contribution in [0.2, 0.25) is 0 Å². The Morgan fingerprint density at radius 1 is 1.27 bits per heavy atom. The van der Waals surface area contributed by atoms with Gasteiger partial charge in [-0.05, 0) is 75.8 Å². The summed E-state index contributed by atoms with van der Waals surface area (Å²) >= 11 is 0. The molecule has 33 heavy (non-hydrogen) atoms. The lowest BCUT2D eigenvalue weighted by atomic mass is 9.97. The summed E-state index contributed by atoms with van der Waals surface area (Å²) < 4.78 is 22.8. The lowest BCUT2D eigenvalue weighted by molar-refractivity contribution is 0.0174. The van der Waals surface area contributed by atoms with Crippen LogP contribution in [0.5, 0.6) is 0 Å². The number of nitrogens with zero attached hydrogens (tertiary/aromatic N) is 1. The van der Waals surface area contributed by atoms with Crippen LogP contribution in [-0.4, -0.2) is 46.3 Å². The lowest BCUT2D eigenvalue weighted by Crippen LogP contribution is -2.37. The maximum absolute atomic E-state index is 6.00. The fourth-order valence-electron chi connectivity index (χ4n) is 3.65. The Bertz CT molecular complexity index is 836. The molecule has 2 atom stereocenters. The van der Waals surface area contributed by atoms with Crippen LogP contribution in [0.25, 0.3) is 5.57 Å². The van der Waals surface area contributed by atoms with Gasteiger partial charge in [-0.1, -0.05) is 31.4 Å². The molecule has 1 aromatic rings. The van der Waals surface area contributed by atoms with E-state index in [9.17, 15) is 0 Å². The van der Waals surface area contributed by atoms with Crippen LogP contribution in [0.1, 0.15) is 52.0 Å². The van der Waals surface area contributed by atoms with Crippen LogP contribution < -0.4 is 4.90 Å². The largest absolute Gasteiger partial charge is 0.460 e. The summed E-state index contributed by atoms with van der Waals surface area (Å²) in [5.74, 6) is 1.28. The Balaban J connectivity index is 2.02. The van der Waals surface area contributed by atoms with E-state index >= 15 is 0 Å². The van der Waals surface area contributed by atoms with Crippen LogP contribution in [0.3, 0.4) is 0 Å². The Hall–Kier alpha value is -2.34. The molecular formula is C28H41NO4. The first-order valence-corrected chi connectivity index (χ1v) is 11.8. The number of hydrogen-bond donors (Lipinski definition) is 0. The van der Waals surface area contributed by atoms with Crippen molar-refractivity contribution in [1.82, 2.24) is 0 Å². The lowest BCUT2D eigenvalue weighted by Gasteiger charge is -2.34. The molecule has 1 aromatic carbocycles. The molecular weight excluding hydrogens is 414 g/mol. The minimum absolute atomic E-state index is 0.0987. The smallest absolute Gasteiger partial charge is 0.129 e. The van der Waals surface area contributed by atoms with Gasteiger partial charge in [0.1, 0.15) is 24.4 Å². The van der Waals surface area contributed by atoms with Gasteiger partial charge in [0.25, 0.3) is 0 Å². The highest BCUT2D eigenvalue weighted by molar-refractivity contribution is 5.84. The molecule has 1 fully saturated rings. The molecule has 0 saturated carbocycles. The third-order valence-electron chi connectivity index (χ3n) is 5.91. The molecule has 2 rings (SSSR count). The number of allylic oxidation sites excluding steroid dienone is 4. The van der Waals surface area contributed by atoms with Crippen molar-refractivity contribution in [3.8, 4) is 0 Å². The quantitative estimate of drug-likeness (QED) is 0.193. The van der Waals surface area contributed by atoms with E-state index in [0.29, 0.717) is 24.7 Å². The van der Waals surface area contributed by atoms with Crippen LogP contribution >= 0.6 is 0 Å². The minimum Gasteiger partial charge on any atom is -0.460 e. The summed E-state index contributed by atoms with van der Waals surface area (Å²) in [7, 11) is 3.80. The van der Waals surface area contributed by atoms with Gasteiger partial charge in [-0.25, -0.2) is 0 Å². The molecule has 0 spiro atoms. The molecule has 0 amide bonds. The van der Waals surface area contributed by atoms with Crippen molar-refractivity contribution >= 4 is 11.3 Å². The third-order valence-corrected chi connectivity index (χ3v) is 5.91. The molecule has 1 aliphatic rings. The highest BCUT2D eigenvalue weighted by Crippen LogP contribution is 2.33. The second-order valence-corrected chi connectivity index (χ2v) is 8.47. The molecule has 0 aliphatic carbocycles. The number of hydrogen-bond acceptors (Lipinski definition) is 5. The molecule has 0 radical (unpaired) electrons. The average molecular weight is 456 g/mol. The number of para-hydroxylation sites is 1. The number of anilines is 1. The summed E-state index contributed by atoms with van der Waals surface area (Å²) in [6.45, 7) is 16.1. The predicted molar refractivity (Wildman–Crippen MR) is 137 cm³/mol. The van der Waals surface area contributed by atoms with Gasteiger partial charge < -0.3 is 23.8 Å². The minimum atomic E-state index is 0.0987. The van der Waals surface area contributed by atoms with Gasteiger partial charge in [-0.15, -0.1) is 0 Å². The summed E-state index contributed by atoms with van der Waals surface area (Å²) in [6.07, 6.45) is 8.39. The monoisotopic (exact) mass is 455 g/mol. The van der Waals surface area contributed by atoms with Crippen molar-refractivity contribution in [3.05, 3.63) is 72.2 Å². The van der Waals surface area contributed by atoms with Gasteiger partial charge in [0, 0.05) is 38.6 Å². The number of ether oxygens (including phenoxy) is 4. The van der Waals surface area contributed by atoms with Crippen LogP contribution in [0.4, 0.5) is 5.69 Å². The molecule has 1 saturated heterocycles. The van der Waals surface area contributed by atoms with Crippen molar-refractivity contribution in [2.75, 3.05) is 38.9 Å². The molecule has 1 heterocycles. The van der Waals surface area contributed by atoms with E-state index in [1.165, 1.54) is 6.42 Å². The number of benzene rings is 1. The summed E-state index contributed by atoms with van der Waals surface area (Å²) in [5.41, 5.74) is 4.18. The summed E-state index contributed by atoms with van der Waals surface area (Å²) in [4.78, 5) is 2.23. The number of rotatable bonds is 13. The van der Waals surface area contributed by atoms with Crippen molar-refractivity contribution in [3.63, 3.8) is 0 Å². The van der Waals surface area contributed by atoms with Gasteiger partial charge in [0.2, 0.25) is 0 Å². The normalized spacial score (nSPS) is 18.0. The van der Waals surface area contributed by atoms with Gasteiger partial charge >= 0.3 is 0 Å². The molecule has 5 heteroatoms. The molecule has 0 N–H and O–H groups in total. The van der Waals surface area contributed by atoms with E-state index in [2.05, 4.69) is 50.2 Å². The predicted octanol–water partition coefficient (Wildman–Crippen LogP) is 6.48. The first-order valence-electron chi connectivity index (χ1n) is 11.8. The first kappa shape index (κ1) is 26.9. The zero-order valence-corrected chi connectivity index (χ0v) is 21.1. The zero-order chi connectivity index (χ0) is 24.2. The number of methoxy groups -OCH3 is 1. The topological polar surface area (TPSA) is 40.2 Å². The van der Waals surface area contributed by atoms with Crippen molar-refractivity contribution < 1.29 is 18.9 Å². The zero-order valence-electron chi connectivity index (χ0n) is 21.1. The molecule has 2 unspecified atom stereocenters. The summed E-state index contributed by atoms with van der Waals surface area (Å²) in [5, 5.41) is 0. The standard InChI is InChI=1S/C28H41NO4/c1-8-25(33-23(4)20-31-18-16-22(3)30-7)19-21(2)24(5)26-13-9-10-14-27(26)29(6)28-15-11-12-17-32-28/h8-10,13-14,19,22,28H,4-5,11-12,15-18,20H2,1-3,6-7H3/b21-19+,25-8+. The molecule has 1 aliphatic heterocycles. The first-order chi connectivity index (χ1) is 15.9. The maximum Gasteiger partial charge on any atom is 0.129 e. The van der Waals surface area contributed by atoms with Crippen LogP contribution in [0, 0.1) is 0 Å². The van der Waals surface area contributed by atoms with E-state index in [4.69, 9.17) is 18.9 Å².